The first-order chi connectivity index (χ1) is 13.9. The molecule has 0 bridgehead atoms. The van der Waals surface area contributed by atoms with Gasteiger partial charge in [-0.3, -0.25) is 14.7 Å². The smallest absolute Gasteiger partial charge is 0.270 e. The van der Waals surface area contributed by atoms with Crippen LogP contribution in [0, 0.1) is 17.7 Å². The molecule has 2 amide bonds. The second kappa shape index (κ2) is 8.85. The van der Waals surface area contributed by atoms with Crippen LogP contribution >= 0.6 is 0 Å². The van der Waals surface area contributed by atoms with Gasteiger partial charge in [-0.05, 0) is 54.6 Å². The van der Waals surface area contributed by atoms with Crippen molar-refractivity contribution in [1.29, 1.82) is 0 Å². The third kappa shape index (κ3) is 5.08. The quantitative estimate of drug-likeness (QED) is 0.673. The number of rotatable bonds is 4. The van der Waals surface area contributed by atoms with Crippen molar-refractivity contribution in [3.63, 3.8) is 0 Å². The molecule has 6 nitrogen and oxygen atoms in total. The summed E-state index contributed by atoms with van der Waals surface area (Å²) in [6.45, 7) is 0.155. The van der Waals surface area contributed by atoms with Gasteiger partial charge in [0.05, 0.1) is 12.2 Å². The normalized spacial score (nSPS) is 10.0. The lowest BCUT2D eigenvalue weighted by atomic mass is 10.1. The maximum atomic E-state index is 13.0. The van der Waals surface area contributed by atoms with Gasteiger partial charge in [0, 0.05) is 30.8 Å². The zero-order valence-electron chi connectivity index (χ0n) is 16.0. The van der Waals surface area contributed by atoms with Crippen LogP contribution in [0.3, 0.4) is 0 Å². The van der Waals surface area contributed by atoms with E-state index in [1.165, 1.54) is 17.0 Å². The Bertz CT molecular complexity index is 1070. The first-order valence-corrected chi connectivity index (χ1v) is 8.84. The van der Waals surface area contributed by atoms with E-state index in [1.54, 1.807) is 56.6 Å². The van der Waals surface area contributed by atoms with Gasteiger partial charge >= 0.3 is 0 Å². The molecule has 0 atom stereocenters. The molecule has 2 aromatic carbocycles. The van der Waals surface area contributed by atoms with E-state index in [2.05, 4.69) is 27.4 Å². The fraction of sp³-hybridized carbons (Fsp3) is 0.136. The summed E-state index contributed by atoms with van der Waals surface area (Å²) in [7, 11) is 3.39. The Morgan fingerprint density at radius 2 is 1.79 bits per heavy atom. The lowest BCUT2D eigenvalue weighted by molar-refractivity contribution is 0.0827. The summed E-state index contributed by atoms with van der Waals surface area (Å²) in [6.07, 6.45) is 0. The van der Waals surface area contributed by atoms with Crippen LogP contribution in [-0.2, 0) is 0 Å². The van der Waals surface area contributed by atoms with Crippen LogP contribution in [0.15, 0.2) is 54.6 Å². The maximum Gasteiger partial charge on any atom is 0.270 e. The molecule has 0 aliphatic carbocycles. The summed E-state index contributed by atoms with van der Waals surface area (Å²) in [5.41, 5.74) is 2.88. The molecule has 1 heterocycles. The van der Waals surface area contributed by atoms with Gasteiger partial charge in [0.2, 0.25) is 0 Å². The number of amides is 2. The van der Waals surface area contributed by atoms with Gasteiger partial charge < -0.3 is 10.2 Å². The van der Waals surface area contributed by atoms with Crippen LogP contribution in [-0.4, -0.2) is 47.6 Å². The van der Waals surface area contributed by atoms with E-state index in [0.717, 1.165) is 5.56 Å². The molecule has 0 saturated heterocycles. The summed E-state index contributed by atoms with van der Waals surface area (Å²) in [5, 5.41) is 9.42. The Kier molecular flexibility index (Phi) is 6.05. The topological polar surface area (TPSA) is 78.1 Å². The Balaban J connectivity index is 1.56. The van der Waals surface area contributed by atoms with E-state index in [4.69, 9.17) is 0 Å². The summed E-state index contributed by atoms with van der Waals surface area (Å²) < 4.78 is 13.0. The highest BCUT2D eigenvalue weighted by molar-refractivity contribution is 5.94. The van der Waals surface area contributed by atoms with E-state index >= 15 is 0 Å². The molecule has 146 valence electrons. The number of carbonyl (C=O) groups is 2. The van der Waals surface area contributed by atoms with Crippen LogP contribution in [0.25, 0.3) is 11.3 Å². The Morgan fingerprint density at radius 3 is 2.45 bits per heavy atom. The van der Waals surface area contributed by atoms with Crippen molar-refractivity contribution in [3.05, 3.63) is 77.2 Å². The summed E-state index contributed by atoms with van der Waals surface area (Å²) >= 11 is 0. The first-order valence-electron chi connectivity index (χ1n) is 8.84. The van der Waals surface area contributed by atoms with Gasteiger partial charge in [0.15, 0.2) is 0 Å². The monoisotopic (exact) mass is 390 g/mol. The number of halogens is 1. The second-order valence-electron chi connectivity index (χ2n) is 6.44. The highest BCUT2D eigenvalue weighted by Crippen LogP contribution is 2.17. The third-order valence-electron chi connectivity index (χ3n) is 4.07. The van der Waals surface area contributed by atoms with Gasteiger partial charge in [0.25, 0.3) is 11.8 Å². The largest absolute Gasteiger partial charge is 0.345 e. The van der Waals surface area contributed by atoms with Crippen molar-refractivity contribution < 1.29 is 14.0 Å². The molecule has 0 unspecified atom stereocenters. The molecule has 0 fully saturated rings. The molecule has 0 saturated carbocycles. The molecule has 3 rings (SSSR count). The fourth-order valence-electron chi connectivity index (χ4n) is 2.53. The van der Waals surface area contributed by atoms with Crippen molar-refractivity contribution >= 4 is 11.8 Å². The number of aromatic nitrogens is 2. The standard InChI is InChI=1S/C22H19FN4O2/c1-27(2)22(29)17-7-5-15(6-8-17)4-3-13-24-21(28)20-14-19(25-26-20)16-9-11-18(23)12-10-16/h5-12,14H,13H2,1-2H3,(H,24,28)(H,25,26). The zero-order valence-corrected chi connectivity index (χ0v) is 16.0. The SMILES string of the molecule is CN(C)C(=O)c1ccc(C#CCNC(=O)c2cc(-c3ccc(F)cc3)n[nH]2)cc1. The van der Waals surface area contributed by atoms with Crippen LogP contribution in [0.2, 0.25) is 0 Å². The summed E-state index contributed by atoms with van der Waals surface area (Å²) in [6, 6.07) is 14.4. The minimum Gasteiger partial charge on any atom is -0.345 e. The van der Waals surface area contributed by atoms with Gasteiger partial charge in [0.1, 0.15) is 11.5 Å². The number of H-pyrrole nitrogens is 1. The lowest BCUT2D eigenvalue weighted by Crippen LogP contribution is -2.23. The van der Waals surface area contributed by atoms with Crippen molar-refractivity contribution in [2.24, 2.45) is 0 Å². The summed E-state index contributed by atoms with van der Waals surface area (Å²) in [4.78, 5) is 25.5. The molecule has 3 aromatic rings. The number of hydrogen-bond acceptors (Lipinski definition) is 3. The van der Waals surface area contributed by atoms with Crippen LogP contribution in [0.4, 0.5) is 4.39 Å². The van der Waals surface area contributed by atoms with E-state index in [1.807, 2.05) is 0 Å². The van der Waals surface area contributed by atoms with Crippen molar-refractivity contribution in [2.75, 3.05) is 20.6 Å². The molecule has 1 aromatic heterocycles. The number of aromatic amines is 1. The molecular weight excluding hydrogens is 371 g/mol. The zero-order chi connectivity index (χ0) is 20.8. The Morgan fingerprint density at radius 1 is 1.10 bits per heavy atom. The highest BCUT2D eigenvalue weighted by atomic mass is 19.1. The third-order valence-corrected chi connectivity index (χ3v) is 4.07. The predicted octanol–water partition coefficient (Wildman–Crippen LogP) is 2.70. The number of nitrogens with one attached hydrogen (secondary N) is 2. The number of benzene rings is 2. The van der Waals surface area contributed by atoms with Gasteiger partial charge in [-0.2, -0.15) is 5.10 Å². The molecule has 2 N–H and O–H groups in total. The van der Waals surface area contributed by atoms with E-state index in [-0.39, 0.29) is 29.9 Å². The summed E-state index contributed by atoms with van der Waals surface area (Å²) in [5.74, 6) is 5.05. The maximum absolute atomic E-state index is 13.0. The molecule has 0 aliphatic heterocycles. The number of carbonyl (C=O) groups excluding carboxylic acids is 2. The van der Waals surface area contributed by atoms with Crippen molar-refractivity contribution in [1.82, 2.24) is 20.4 Å². The second-order valence-corrected chi connectivity index (χ2v) is 6.44. The predicted molar refractivity (Wildman–Crippen MR) is 108 cm³/mol. The van der Waals surface area contributed by atoms with E-state index < -0.39 is 0 Å². The van der Waals surface area contributed by atoms with Gasteiger partial charge in [-0.15, -0.1) is 0 Å². The van der Waals surface area contributed by atoms with Crippen LogP contribution in [0.5, 0.6) is 0 Å². The van der Waals surface area contributed by atoms with Crippen molar-refractivity contribution in [3.8, 4) is 23.1 Å². The van der Waals surface area contributed by atoms with Gasteiger partial charge in [-0.25, -0.2) is 4.39 Å². The number of nitrogens with zero attached hydrogens (tertiary/aromatic N) is 2. The van der Waals surface area contributed by atoms with Crippen molar-refractivity contribution in [2.45, 2.75) is 0 Å². The Hall–Kier alpha value is -3.92. The first kappa shape index (κ1) is 19.8. The molecule has 0 radical (unpaired) electrons. The highest BCUT2D eigenvalue weighted by Gasteiger charge is 2.10. The fourth-order valence-corrected chi connectivity index (χ4v) is 2.53. The van der Waals surface area contributed by atoms with Crippen LogP contribution < -0.4 is 5.32 Å². The van der Waals surface area contributed by atoms with E-state index in [0.29, 0.717) is 16.8 Å². The lowest BCUT2D eigenvalue weighted by Gasteiger charge is -2.09. The minimum absolute atomic E-state index is 0.0728. The minimum atomic E-state index is -0.341. The number of hydrogen-bond donors (Lipinski definition) is 2. The average Bonchev–Trinajstić information content (AvgIpc) is 3.22. The molecule has 7 heteroatoms. The average molecular weight is 390 g/mol. The van der Waals surface area contributed by atoms with Crippen LogP contribution in [0.1, 0.15) is 26.4 Å². The molecule has 29 heavy (non-hydrogen) atoms. The van der Waals surface area contributed by atoms with Gasteiger partial charge in [-0.1, -0.05) is 11.8 Å². The molecule has 0 spiro atoms. The van der Waals surface area contributed by atoms with E-state index in [9.17, 15) is 14.0 Å². The molecule has 0 aliphatic rings. The Labute approximate surface area is 167 Å². The molecular formula is C22H19FN4O2.